The van der Waals surface area contributed by atoms with Crippen molar-refractivity contribution in [3.05, 3.63) is 0 Å². The first-order valence-corrected chi connectivity index (χ1v) is 7.07. The lowest BCUT2D eigenvalue weighted by Crippen LogP contribution is -2.41. The van der Waals surface area contributed by atoms with Crippen molar-refractivity contribution in [3.8, 4) is 0 Å². The van der Waals surface area contributed by atoms with E-state index in [1.54, 1.807) is 0 Å². The number of hydrogen-bond donors (Lipinski definition) is 1. The van der Waals surface area contributed by atoms with E-state index in [0.717, 1.165) is 32.0 Å². The van der Waals surface area contributed by atoms with Crippen molar-refractivity contribution in [1.29, 1.82) is 0 Å². The zero-order chi connectivity index (χ0) is 11.9. The minimum atomic E-state index is 0.00302. The highest BCUT2D eigenvalue weighted by Crippen LogP contribution is 2.27. The summed E-state index contributed by atoms with van der Waals surface area (Å²) in [5.74, 6) is 0.741. The van der Waals surface area contributed by atoms with E-state index in [1.165, 1.54) is 38.5 Å². The molecule has 1 fully saturated rings. The Balaban J connectivity index is 2.12. The van der Waals surface area contributed by atoms with Crippen molar-refractivity contribution < 1.29 is 4.74 Å². The Morgan fingerprint density at radius 2 is 1.94 bits per heavy atom. The topological polar surface area (TPSA) is 35.2 Å². The Labute approximate surface area is 101 Å². The van der Waals surface area contributed by atoms with Crippen LogP contribution in [-0.2, 0) is 4.74 Å². The molecule has 96 valence electrons. The van der Waals surface area contributed by atoms with Crippen LogP contribution in [0.2, 0.25) is 0 Å². The molecule has 1 saturated carbocycles. The Bertz CT molecular complexity index is 176. The highest BCUT2D eigenvalue weighted by Gasteiger charge is 2.29. The van der Waals surface area contributed by atoms with Crippen LogP contribution in [0.5, 0.6) is 0 Å². The third-order valence-electron chi connectivity index (χ3n) is 3.89. The second-order valence-electron chi connectivity index (χ2n) is 5.50. The van der Waals surface area contributed by atoms with Gasteiger partial charge in [0, 0.05) is 12.1 Å². The van der Waals surface area contributed by atoms with E-state index in [9.17, 15) is 0 Å². The van der Waals surface area contributed by atoms with Crippen LogP contribution < -0.4 is 5.73 Å². The van der Waals surface area contributed by atoms with Gasteiger partial charge in [-0.2, -0.15) is 0 Å². The fourth-order valence-corrected chi connectivity index (χ4v) is 2.55. The smallest absolute Gasteiger partial charge is 0.0646 e. The monoisotopic (exact) mass is 227 g/mol. The Morgan fingerprint density at radius 1 is 1.25 bits per heavy atom. The van der Waals surface area contributed by atoms with Crippen molar-refractivity contribution in [2.75, 3.05) is 13.2 Å². The fourth-order valence-electron chi connectivity index (χ4n) is 2.55. The first kappa shape index (κ1) is 14.0. The molecule has 0 aromatic heterocycles. The number of ether oxygens (including phenoxy) is 1. The molecule has 0 radical (unpaired) electrons. The molecular weight excluding hydrogens is 198 g/mol. The summed E-state index contributed by atoms with van der Waals surface area (Å²) in [5, 5.41) is 0. The van der Waals surface area contributed by atoms with Crippen LogP contribution in [0.3, 0.4) is 0 Å². The maximum atomic E-state index is 6.26. The lowest BCUT2D eigenvalue weighted by Gasteiger charge is -2.24. The molecule has 2 heteroatoms. The van der Waals surface area contributed by atoms with Gasteiger partial charge >= 0.3 is 0 Å². The largest absolute Gasteiger partial charge is 0.379 e. The average Bonchev–Trinajstić information content (AvgIpc) is 2.70. The molecule has 1 aliphatic rings. The van der Waals surface area contributed by atoms with E-state index in [1.807, 2.05) is 0 Å². The molecule has 1 unspecified atom stereocenters. The van der Waals surface area contributed by atoms with Crippen LogP contribution in [0.15, 0.2) is 0 Å². The summed E-state index contributed by atoms with van der Waals surface area (Å²) >= 11 is 0. The highest BCUT2D eigenvalue weighted by atomic mass is 16.5. The van der Waals surface area contributed by atoms with Crippen molar-refractivity contribution in [1.82, 2.24) is 0 Å². The molecule has 1 atom stereocenters. The molecule has 0 amide bonds. The van der Waals surface area contributed by atoms with Crippen LogP contribution in [0.1, 0.15) is 65.2 Å². The zero-order valence-corrected chi connectivity index (χ0v) is 11.1. The summed E-state index contributed by atoms with van der Waals surface area (Å²) in [5.41, 5.74) is 6.26. The Hall–Kier alpha value is -0.0800. The average molecular weight is 227 g/mol. The van der Waals surface area contributed by atoms with Crippen LogP contribution in [-0.4, -0.2) is 18.8 Å². The summed E-state index contributed by atoms with van der Waals surface area (Å²) in [7, 11) is 0. The molecule has 1 aliphatic carbocycles. The van der Waals surface area contributed by atoms with E-state index in [4.69, 9.17) is 10.5 Å². The van der Waals surface area contributed by atoms with Gasteiger partial charge in [0.25, 0.3) is 0 Å². The predicted molar refractivity (Wildman–Crippen MR) is 69.5 cm³/mol. The summed E-state index contributed by atoms with van der Waals surface area (Å²) in [6.45, 7) is 6.20. The zero-order valence-electron chi connectivity index (χ0n) is 11.1. The predicted octanol–water partition coefficient (Wildman–Crippen LogP) is 3.49. The Kier molecular flexibility index (Phi) is 6.37. The molecule has 0 bridgehead atoms. The van der Waals surface area contributed by atoms with Gasteiger partial charge in [-0.3, -0.25) is 0 Å². The van der Waals surface area contributed by atoms with Gasteiger partial charge in [0.15, 0.2) is 0 Å². The van der Waals surface area contributed by atoms with Crippen molar-refractivity contribution in [2.45, 2.75) is 70.8 Å². The van der Waals surface area contributed by atoms with Gasteiger partial charge in [0.05, 0.1) is 6.61 Å². The number of unbranched alkanes of at least 4 members (excludes halogenated alkanes) is 1. The standard InChI is InChI=1S/C14H29NO/c1-3-5-8-13(4-2)11-16-12-14(15)9-6-7-10-14/h13H,3-12,15H2,1-2H3. The lowest BCUT2D eigenvalue weighted by atomic mass is 9.99. The van der Waals surface area contributed by atoms with Gasteiger partial charge in [0.2, 0.25) is 0 Å². The Morgan fingerprint density at radius 3 is 2.50 bits per heavy atom. The molecule has 16 heavy (non-hydrogen) atoms. The van der Waals surface area contributed by atoms with Crippen LogP contribution in [0.4, 0.5) is 0 Å². The minimum Gasteiger partial charge on any atom is -0.379 e. The first-order valence-electron chi connectivity index (χ1n) is 7.07. The lowest BCUT2D eigenvalue weighted by molar-refractivity contribution is 0.0573. The number of nitrogens with two attached hydrogens (primary N) is 1. The highest BCUT2D eigenvalue weighted by molar-refractivity contribution is 4.88. The molecule has 0 aliphatic heterocycles. The third-order valence-corrected chi connectivity index (χ3v) is 3.89. The van der Waals surface area contributed by atoms with Crippen molar-refractivity contribution in [3.63, 3.8) is 0 Å². The van der Waals surface area contributed by atoms with Gasteiger partial charge in [-0.25, -0.2) is 0 Å². The van der Waals surface area contributed by atoms with Gasteiger partial charge < -0.3 is 10.5 Å². The van der Waals surface area contributed by atoms with Crippen LogP contribution >= 0.6 is 0 Å². The molecule has 2 nitrogen and oxygen atoms in total. The molecule has 2 N–H and O–H groups in total. The first-order chi connectivity index (χ1) is 7.70. The van der Waals surface area contributed by atoms with Crippen molar-refractivity contribution in [2.24, 2.45) is 11.7 Å². The fraction of sp³-hybridized carbons (Fsp3) is 1.00. The summed E-state index contributed by atoms with van der Waals surface area (Å²) in [6, 6.07) is 0. The summed E-state index contributed by atoms with van der Waals surface area (Å²) in [4.78, 5) is 0. The third kappa shape index (κ3) is 4.84. The van der Waals surface area contributed by atoms with E-state index < -0.39 is 0 Å². The van der Waals surface area contributed by atoms with E-state index in [2.05, 4.69) is 13.8 Å². The number of hydrogen-bond acceptors (Lipinski definition) is 2. The maximum Gasteiger partial charge on any atom is 0.0646 e. The van der Waals surface area contributed by atoms with E-state index in [-0.39, 0.29) is 5.54 Å². The van der Waals surface area contributed by atoms with Gasteiger partial charge in [-0.15, -0.1) is 0 Å². The molecule has 0 saturated heterocycles. The minimum absolute atomic E-state index is 0.00302. The summed E-state index contributed by atoms with van der Waals surface area (Å²) in [6.07, 6.45) is 10.0. The molecule has 0 spiro atoms. The normalized spacial score (nSPS) is 21.2. The van der Waals surface area contributed by atoms with Gasteiger partial charge in [-0.05, 0) is 25.2 Å². The van der Waals surface area contributed by atoms with Gasteiger partial charge in [-0.1, -0.05) is 46.0 Å². The molecule has 1 rings (SSSR count). The molecular formula is C14H29NO. The van der Waals surface area contributed by atoms with Crippen molar-refractivity contribution >= 4 is 0 Å². The van der Waals surface area contributed by atoms with Crippen LogP contribution in [0.25, 0.3) is 0 Å². The maximum absolute atomic E-state index is 6.26. The second kappa shape index (κ2) is 7.29. The molecule has 0 aromatic carbocycles. The van der Waals surface area contributed by atoms with E-state index in [0.29, 0.717) is 0 Å². The SMILES string of the molecule is CCCCC(CC)COCC1(N)CCCC1. The summed E-state index contributed by atoms with van der Waals surface area (Å²) < 4.78 is 5.85. The number of rotatable bonds is 8. The van der Waals surface area contributed by atoms with Crippen LogP contribution in [0, 0.1) is 5.92 Å². The van der Waals surface area contributed by atoms with Gasteiger partial charge in [0.1, 0.15) is 0 Å². The molecule has 0 aromatic rings. The second-order valence-corrected chi connectivity index (χ2v) is 5.50. The quantitative estimate of drug-likeness (QED) is 0.689. The molecule has 0 heterocycles. The van der Waals surface area contributed by atoms with E-state index >= 15 is 0 Å².